The number of carbonyl (C=O) groups excluding carboxylic acids is 2. The Balaban J connectivity index is 1.83. The van der Waals surface area contributed by atoms with E-state index in [2.05, 4.69) is 15.8 Å². The molecule has 2 aromatic carbocycles. The van der Waals surface area contributed by atoms with Crippen LogP contribution in [0.5, 0.6) is 0 Å². The maximum Gasteiger partial charge on any atom is 0.259 e. The number of carbonyl (C=O) groups is 2. The summed E-state index contributed by atoms with van der Waals surface area (Å²) in [5, 5.41) is 7.07. The molecule has 0 saturated heterocycles. The Morgan fingerprint density at radius 3 is 2.30 bits per heavy atom. The number of nitrogens with one attached hydrogen (secondary N) is 2. The van der Waals surface area contributed by atoms with E-state index in [0.717, 1.165) is 5.56 Å². The summed E-state index contributed by atoms with van der Waals surface area (Å²) < 4.78 is 0. The minimum absolute atomic E-state index is 0.160. The normalized spacial score (nSPS) is 11.0. The average molecular weight is 330 g/mol. The molecule has 0 saturated carbocycles. The van der Waals surface area contributed by atoms with Gasteiger partial charge in [-0.3, -0.25) is 9.59 Å². The third kappa shape index (κ3) is 5.23. The van der Waals surface area contributed by atoms with Crippen LogP contribution in [0.1, 0.15) is 22.8 Å². The SMILES string of the molecule is C/C(=N\NC(=O)CNC(=O)c1ccc(Cl)cc1)c1ccccc1. The maximum absolute atomic E-state index is 11.9. The summed E-state index contributed by atoms with van der Waals surface area (Å²) in [6.45, 7) is 1.63. The molecule has 2 amide bonds. The number of hydrogen-bond acceptors (Lipinski definition) is 3. The van der Waals surface area contributed by atoms with Crippen molar-refractivity contribution in [3.63, 3.8) is 0 Å². The zero-order chi connectivity index (χ0) is 16.7. The topological polar surface area (TPSA) is 70.6 Å². The van der Waals surface area contributed by atoms with Gasteiger partial charge in [-0.1, -0.05) is 41.9 Å². The molecular weight excluding hydrogens is 314 g/mol. The fourth-order valence-corrected chi connectivity index (χ4v) is 1.92. The lowest BCUT2D eigenvalue weighted by molar-refractivity contribution is -0.120. The Morgan fingerprint density at radius 2 is 1.65 bits per heavy atom. The van der Waals surface area contributed by atoms with Gasteiger partial charge in [0.2, 0.25) is 0 Å². The van der Waals surface area contributed by atoms with Crippen LogP contribution >= 0.6 is 11.6 Å². The fraction of sp³-hybridized carbons (Fsp3) is 0.118. The summed E-state index contributed by atoms with van der Waals surface area (Å²) in [7, 11) is 0. The van der Waals surface area contributed by atoms with Crippen LogP contribution in [0.15, 0.2) is 59.7 Å². The van der Waals surface area contributed by atoms with Crippen molar-refractivity contribution in [3.05, 3.63) is 70.7 Å². The summed E-state index contributed by atoms with van der Waals surface area (Å²) in [5.74, 6) is -0.747. The van der Waals surface area contributed by atoms with Crippen molar-refractivity contribution in [3.8, 4) is 0 Å². The summed E-state index contributed by atoms with van der Waals surface area (Å²) in [6.07, 6.45) is 0. The largest absolute Gasteiger partial charge is 0.343 e. The second kappa shape index (κ2) is 8.10. The molecule has 0 unspecified atom stereocenters. The van der Waals surface area contributed by atoms with Gasteiger partial charge in [0.05, 0.1) is 12.3 Å². The summed E-state index contributed by atoms with van der Waals surface area (Å²) >= 11 is 5.75. The highest BCUT2D eigenvalue weighted by Crippen LogP contribution is 2.09. The maximum atomic E-state index is 11.9. The Labute approximate surface area is 139 Å². The van der Waals surface area contributed by atoms with E-state index < -0.39 is 5.91 Å². The van der Waals surface area contributed by atoms with Gasteiger partial charge in [0.25, 0.3) is 11.8 Å². The van der Waals surface area contributed by atoms with E-state index in [1.165, 1.54) is 0 Å². The molecule has 0 radical (unpaired) electrons. The minimum Gasteiger partial charge on any atom is -0.343 e. The van der Waals surface area contributed by atoms with Gasteiger partial charge in [-0.05, 0) is 36.8 Å². The Hall–Kier alpha value is -2.66. The van der Waals surface area contributed by atoms with Gasteiger partial charge in [0, 0.05) is 10.6 Å². The first-order chi connectivity index (χ1) is 11.1. The molecule has 2 N–H and O–H groups in total. The van der Waals surface area contributed by atoms with Gasteiger partial charge < -0.3 is 5.32 Å². The first-order valence-corrected chi connectivity index (χ1v) is 7.36. The van der Waals surface area contributed by atoms with Crippen LogP contribution in [0.2, 0.25) is 5.02 Å². The molecule has 0 aliphatic rings. The van der Waals surface area contributed by atoms with E-state index in [4.69, 9.17) is 11.6 Å². The van der Waals surface area contributed by atoms with Crippen LogP contribution in [0.25, 0.3) is 0 Å². The number of hydrogen-bond donors (Lipinski definition) is 2. The molecule has 0 fully saturated rings. The van der Waals surface area contributed by atoms with Crippen molar-refractivity contribution in [2.45, 2.75) is 6.92 Å². The number of benzene rings is 2. The number of nitrogens with zero attached hydrogens (tertiary/aromatic N) is 1. The van der Waals surface area contributed by atoms with Crippen molar-refractivity contribution in [2.24, 2.45) is 5.10 Å². The van der Waals surface area contributed by atoms with Crippen molar-refractivity contribution >= 4 is 29.1 Å². The first kappa shape index (κ1) is 16.7. The molecule has 0 bridgehead atoms. The van der Waals surface area contributed by atoms with Gasteiger partial charge in [0.15, 0.2) is 0 Å². The lowest BCUT2D eigenvalue weighted by atomic mass is 10.1. The van der Waals surface area contributed by atoms with Crippen LogP contribution in [-0.4, -0.2) is 24.1 Å². The van der Waals surface area contributed by atoms with Crippen LogP contribution in [-0.2, 0) is 4.79 Å². The molecule has 6 heteroatoms. The second-order valence-corrected chi connectivity index (χ2v) is 5.22. The molecule has 0 heterocycles. The molecule has 0 aliphatic carbocycles. The lowest BCUT2D eigenvalue weighted by Gasteiger charge is -2.05. The zero-order valence-electron chi connectivity index (χ0n) is 12.5. The van der Waals surface area contributed by atoms with Gasteiger partial charge >= 0.3 is 0 Å². The predicted octanol–water partition coefficient (Wildman–Crippen LogP) is 2.61. The standard InChI is InChI=1S/C17H16ClN3O2/c1-12(13-5-3-2-4-6-13)20-21-16(22)11-19-17(23)14-7-9-15(18)10-8-14/h2-10H,11H2,1H3,(H,19,23)(H,21,22)/b20-12+. The third-order valence-electron chi connectivity index (χ3n) is 3.06. The Morgan fingerprint density at radius 1 is 1.00 bits per heavy atom. The van der Waals surface area contributed by atoms with Crippen LogP contribution in [0, 0.1) is 0 Å². The van der Waals surface area contributed by atoms with Gasteiger partial charge in [-0.25, -0.2) is 5.43 Å². The van der Waals surface area contributed by atoms with Gasteiger partial charge in [-0.2, -0.15) is 5.10 Å². The number of rotatable bonds is 5. The highest BCUT2D eigenvalue weighted by molar-refractivity contribution is 6.30. The smallest absolute Gasteiger partial charge is 0.259 e. The van der Waals surface area contributed by atoms with Crippen molar-refractivity contribution in [2.75, 3.05) is 6.54 Å². The fourth-order valence-electron chi connectivity index (χ4n) is 1.79. The van der Waals surface area contributed by atoms with E-state index in [9.17, 15) is 9.59 Å². The monoisotopic (exact) mass is 329 g/mol. The van der Waals surface area contributed by atoms with E-state index in [1.54, 1.807) is 31.2 Å². The highest BCUT2D eigenvalue weighted by atomic mass is 35.5. The quantitative estimate of drug-likeness (QED) is 0.654. The number of amides is 2. The van der Waals surface area contributed by atoms with Crippen LogP contribution in [0.4, 0.5) is 0 Å². The first-order valence-electron chi connectivity index (χ1n) is 6.98. The number of hydrazone groups is 1. The van der Waals surface area contributed by atoms with Crippen molar-refractivity contribution in [1.82, 2.24) is 10.7 Å². The molecule has 0 spiro atoms. The molecular formula is C17H16ClN3O2. The zero-order valence-corrected chi connectivity index (χ0v) is 13.3. The van der Waals surface area contributed by atoms with E-state index in [-0.39, 0.29) is 12.5 Å². The Kier molecular flexibility index (Phi) is 5.88. The van der Waals surface area contributed by atoms with Crippen LogP contribution in [0.3, 0.4) is 0 Å². The van der Waals surface area contributed by atoms with E-state index >= 15 is 0 Å². The van der Waals surface area contributed by atoms with Gasteiger partial charge in [-0.15, -0.1) is 0 Å². The molecule has 23 heavy (non-hydrogen) atoms. The highest BCUT2D eigenvalue weighted by Gasteiger charge is 2.07. The molecule has 118 valence electrons. The molecule has 0 aromatic heterocycles. The summed E-state index contributed by atoms with van der Waals surface area (Å²) in [6, 6.07) is 15.9. The van der Waals surface area contributed by atoms with Gasteiger partial charge in [0.1, 0.15) is 0 Å². The third-order valence-corrected chi connectivity index (χ3v) is 3.31. The molecule has 5 nitrogen and oxygen atoms in total. The Bertz CT molecular complexity index is 712. The summed E-state index contributed by atoms with van der Waals surface area (Å²) in [5.41, 5.74) is 4.44. The molecule has 0 aliphatic heterocycles. The molecule has 0 atom stereocenters. The van der Waals surface area contributed by atoms with Crippen molar-refractivity contribution < 1.29 is 9.59 Å². The summed E-state index contributed by atoms with van der Waals surface area (Å²) in [4.78, 5) is 23.6. The minimum atomic E-state index is -0.400. The predicted molar refractivity (Wildman–Crippen MR) is 90.6 cm³/mol. The molecule has 2 aromatic rings. The lowest BCUT2D eigenvalue weighted by Crippen LogP contribution is -2.35. The van der Waals surface area contributed by atoms with Crippen molar-refractivity contribution in [1.29, 1.82) is 0 Å². The van der Waals surface area contributed by atoms with E-state index in [1.807, 2.05) is 30.3 Å². The molecule has 2 rings (SSSR count). The van der Waals surface area contributed by atoms with E-state index in [0.29, 0.717) is 16.3 Å². The van der Waals surface area contributed by atoms with Crippen LogP contribution < -0.4 is 10.7 Å². The number of halogens is 1. The average Bonchev–Trinajstić information content (AvgIpc) is 2.59. The second-order valence-electron chi connectivity index (χ2n) is 4.79.